The molecule has 40 nitrogen and oxygen atoms in total. The van der Waals surface area contributed by atoms with E-state index in [1.807, 2.05) is 41.5 Å². The van der Waals surface area contributed by atoms with E-state index in [2.05, 4.69) is 21.3 Å². The largest absolute Gasteiger partial charge is 0.481 e. The van der Waals surface area contributed by atoms with Gasteiger partial charge in [0.2, 0.25) is 23.6 Å². The van der Waals surface area contributed by atoms with Gasteiger partial charge in [-0.15, -0.1) is 45.3 Å². The third-order valence-corrected chi connectivity index (χ3v) is 23.6. The molecule has 0 aliphatic carbocycles. The van der Waals surface area contributed by atoms with Crippen LogP contribution in [-0.2, 0) is 83.2 Å². The molecular formula is C90H100F4N12O28S4. The standard InChI is InChI=1S/2C23H26FN3O7S.2C22H24FN3O7S/c2*1-11(2)7-13(21(30)27-16(22(31)32)10-19(28)29)8-14-4-6-18(35-14)23(33)34-17-5-3-12(20(25)26)9-15(17)24;2*1-2-3-12(20(29)26-15(21(30)31)10-18(27)28)8-13-5-7-17(34-13)22(32)33-16-6-4-11(19(24)25)9-14(16)23/h2*3-6,9,11,13,16H,7-8,10H2,1-2H3,(H3,25,26)(H,27,30)(H,28,29)(H,31,32);2*4-7,9,12,15H,2-3,8,10H2,1H3,(H3,24,25)(H,26,29)(H,27,28)(H,30,31)/t13-,16+;13-,16-;12-,15+;12-,15-/m1010/s1. The maximum absolute atomic E-state index is 14.2. The Kier molecular flexibility index (Phi) is 44.6. The highest BCUT2D eigenvalue weighted by molar-refractivity contribution is 7.15. The molecule has 0 unspecified atom stereocenters. The molecule has 4 aromatic heterocycles. The summed E-state index contributed by atoms with van der Waals surface area (Å²) in [5, 5.41) is 110. The number of benzene rings is 4. The van der Waals surface area contributed by atoms with Crippen molar-refractivity contribution in [1.82, 2.24) is 21.3 Å². The molecule has 0 spiro atoms. The Morgan fingerprint density at radius 1 is 0.319 bits per heavy atom. The summed E-state index contributed by atoms with van der Waals surface area (Å²) in [6.45, 7) is 11.2. The first kappa shape index (κ1) is 113. The van der Waals surface area contributed by atoms with Crippen LogP contribution in [0.15, 0.2) is 121 Å². The molecule has 0 fully saturated rings. The summed E-state index contributed by atoms with van der Waals surface area (Å²) in [7, 11) is 0. The summed E-state index contributed by atoms with van der Waals surface area (Å²) >= 11 is 4.16. The lowest BCUT2D eigenvalue weighted by Gasteiger charge is -2.20. The number of carbonyl (C=O) groups excluding carboxylic acids is 8. The molecule has 8 aromatic rings. The van der Waals surface area contributed by atoms with Gasteiger partial charge in [-0.2, -0.15) is 0 Å². The number of thiophene rings is 4. The van der Waals surface area contributed by atoms with Gasteiger partial charge in [0.25, 0.3) is 0 Å². The van der Waals surface area contributed by atoms with Crippen molar-refractivity contribution < 1.29 is 154 Å². The van der Waals surface area contributed by atoms with Gasteiger partial charge in [0, 0.05) is 65.4 Å². The molecule has 8 rings (SSSR count). The van der Waals surface area contributed by atoms with Gasteiger partial charge in [-0.05, 0) is 185 Å². The smallest absolute Gasteiger partial charge is 0.353 e. The van der Waals surface area contributed by atoms with Crippen LogP contribution in [0.4, 0.5) is 17.6 Å². The summed E-state index contributed by atoms with van der Waals surface area (Å²) in [5.41, 5.74) is 21.8. The molecule has 740 valence electrons. The topological polar surface area (TPSA) is 719 Å². The van der Waals surface area contributed by atoms with Crippen molar-refractivity contribution in [3.8, 4) is 23.0 Å². The summed E-state index contributed by atoms with van der Waals surface area (Å²) in [6, 6.07) is 20.2. The predicted molar refractivity (Wildman–Crippen MR) is 492 cm³/mol. The number of nitrogen functional groups attached to an aromatic ring is 4. The summed E-state index contributed by atoms with van der Waals surface area (Å²) in [4.78, 5) is 192. The number of carboxylic acid groups (broad SMARTS) is 8. The molecule has 48 heteroatoms. The number of amides is 4. The minimum atomic E-state index is -1.56. The number of aliphatic carboxylic acids is 8. The Bertz CT molecular complexity index is 5510. The summed E-state index contributed by atoms with van der Waals surface area (Å²) in [6.07, 6.45) is 0.597. The van der Waals surface area contributed by atoms with E-state index in [0.717, 1.165) is 69.6 Å². The number of rotatable bonds is 48. The summed E-state index contributed by atoms with van der Waals surface area (Å²) in [5.74, 6) is -25.3. The van der Waals surface area contributed by atoms with Crippen LogP contribution in [0.2, 0.25) is 0 Å². The number of nitrogens with one attached hydrogen (secondary N) is 8. The molecule has 0 bridgehead atoms. The first-order valence-corrected chi connectivity index (χ1v) is 44.8. The van der Waals surface area contributed by atoms with Gasteiger partial charge in [0.15, 0.2) is 46.3 Å². The fraction of sp³-hybridized carbons (Fsp3) is 0.333. The number of halogens is 4. The van der Waals surface area contributed by atoms with Crippen molar-refractivity contribution in [2.75, 3.05) is 0 Å². The third-order valence-electron chi connectivity index (χ3n) is 19.3. The van der Waals surface area contributed by atoms with Gasteiger partial charge < -0.3 is 104 Å². The van der Waals surface area contributed by atoms with Crippen LogP contribution < -0.4 is 63.1 Å². The van der Waals surface area contributed by atoms with Crippen LogP contribution in [0, 0.1) is 80.4 Å². The van der Waals surface area contributed by atoms with Crippen LogP contribution >= 0.6 is 45.3 Å². The van der Waals surface area contributed by atoms with E-state index in [9.17, 15) is 104 Å². The second-order valence-electron chi connectivity index (χ2n) is 31.3. The first-order chi connectivity index (χ1) is 64.8. The Labute approximate surface area is 799 Å². The highest BCUT2D eigenvalue weighted by Crippen LogP contribution is 2.33. The lowest BCUT2D eigenvalue weighted by atomic mass is 9.92. The number of hydrogen-bond donors (Lipinski definition) is 20. The summed E-state index contributed by atoms with van der Waals surface area (Å²) < 4.78 is 76.9. The highest BCUT2D eigenvalue weighted by atomic mass is 32.1. The quantitative estimate of drug-likeness (QED) is 0.00554. The molecule has 4 aromatic carbocycles. The second kappa shape index (κ2) is 54.4. The average molecular weight is 2000 g/mol. The fourth-order valence-corrected chi connectivity index (χ4v) is 16.5. The Morgan fingerprint density at radius 2 is 0.514 bits per heavy atom. The Hall–Kier alpha value is -15.2. The number of esters is 4. The Morgan fingerprint density at radius 3 is 0.681 bits per heavy atom. The maximum Gasteiger partial charge on any atom is 0.353 e. The Balaban J connectivity index is 0.000000325. The van der Waals surface area contributed by atoms with Gasteiger partial charge in [-0.3, -0.25) is 60.0 Å². The molecule has 0 saturated heterocycles. The second-order valence-corrected chi connectivity index (χ2v) is 36.0. The van der Waals surface area contributed by atoms with E-state index in [-0.39, 0.29) is 126 Å². The lowest BCUT2D eigenvalue weighted by molar-refractivity contribution is -0.147. The number of carboxylic acids is 8. The minimum Gasteiger partial charge on any atom is -0.481 e. The van der Waals surface area contributed by atoms with Crippen LogP contribution in [0.25, 0.3) is 0 Å². The number of nitrogens with two attached hydrogens (primary N) is 4. The zero-order chi connectivity index (χ0) is 103. The van der Waals surface area contributed by atoms with Gasteiger partial charge in [0.05, 0.1) is 25.7 Å². The minimum absolute atomic E-state index is 0.0823. The van der Waals surface area contributed by atoms with Crippen LogP contribution in [0.5, 0.6) is 23.0 Å². The first-order valence-electron chi connectivity index (χ1n) is 41.6. The molecule has 24 N–H and O–H groups in total. The molecule has 0 aliphatic heterocycles. The van der Waals surface area contributed by atoms with Crippen molar-refractivity contribution in [3.63, 3.8) is 0 Å². The molecular weight excluding hydrogens is 1900 g/mol. The van der Waals surface area contributed by atoms with E-state index in [4.69, 9.17) is 94.2 Å². The van der Waals surface area contributed by atoms with Crippen molar-refractivity contribution in [2.45, 2.75) is 156 Å². The molecule has 0 saturated carbocycles. The molecule has 138 heavy (non-hydrogen) atoms. The van der Waals surface area contributed by atoms with Crippen LogP contribution in [0.1, 0.15) is 186 Å². The third kappa shape index (κ3) is 37.6. The monoisotopic (exact) mass is 2000 g/mol. The molecule has 0 aliphatic rings. The van der Waals surface area contributed by atoms with Crippen molar-refractivity contribution in [2.24, 2.45) is 58.4 Å². The van der Waals surface area contributed by atoms with E-state index in [0.29, 0.717) is 58.0 Å². The van der Waals surface area contributed by atoms with Crippen LogP contribution in [-0.4, -0.2) is 184 Å². The average Bonchev–Trinajstić information content (AvgIpc) is 1.44. The van der Waals surface area contributed by atoms with Crippen molar-refractivity contribution in [1.29, 1.82) is 21.6 Å². The maximum atomic E-state index is 14.2. The molecule has 8 atom stereocenters. The van der Waals surface area contributed by atoms with Gasteiger partial charge in [0.1, 0.15) is 67.0 Å². The number of amidine groups is 4. The molecule has 4 amide bonds. The van der Waals surface area contributed by atoms with Gasteiger partial charge >= 0.3 is 71.6 Å². The van der Waals surface area contributed by atoms with E-state index < -0.39 is 192 Å². The number of carbonyl (C=O) groups is 16. The van der Waals surface area contributed by atoms with Crippen LogP contribution in [0.3, 0.4) is 0 Å². The predicted octanol–water partition coefficient (Wildman–Crippen LogP) is 10.1. The zero-order valence-electron chi connectivity index (χ0n) is 74.4. The SMILES string of the molecule is CC(C)C[C@@H](Cc1ccc(C(=O)Oc2ccc(C(=N)N)cc2F)s1)C(=O)N[C@@H](CC(=O)O)C(=O)O.CC(C)C[C@H](Cc1ccc(C(=O)Oc2ccc(C(=N)N)cc2F)s1)C(=O)N[C@@H](CC(=O)O)C(=O)O.CCC[C@@H](Cc1ccc(C(=O)Oc2ccc(C(=N)N)cc2F)s1)C(=O)N[C@@H](CC(=O)O)C(=O)O.CCC[C@H](Cc1ccc(C(=O)Oc2ccc(C(=N)N)cc2F)s1)C(=O)N[C@@H](CC(=O)O)C(=O)O. The number of hydrogen-bond acceptors (Lipinski definition) is 28. The molecule has 4 heterocycles. The van der Waals surface area contributed by atoms with E-state index >= 15 is 0 Å². The zero-order valence-corrected chi connectivity index (χ0v) is 77.7. The highest BCUT2D eigenvalue weighted by Gasteiger charge is 2.35. The van der Waals surface area contributed by atoms with Crippen molar-refractivity contribution >= 4 is 164 Å². The normalized spacial score (nSPS) is 12.5. The lowest BCUT2D eigenvalue weighted by Crippen LogP contribution is -2.45. The fourth-order valence-electron chi connectivity index (χ4n) is 12.7. The van der Waals surface area contributed by atoms with Gasteiger partial charge in [-0.25, -0.2) is 55.9 Å². The van der Waals surface area contributed by atoms with Gasteiger partial charge in [-0.1, -0.05) is 54.4 Å². The number of ether oxygens (including phenoxy) is 4. The molecule has 0 radical (unpaired) electrons. The van der Waals surface area contributed by atoms with E-state index in [1.54, 1.807) is 24.3 Å². The van der Waals surface area contributed by atoms with E-state index in [1.165, 1.54) is 72.8 Å². The van der Waals surface area contributed by atoms with Crippen molar-refractivity contribution in [3.05, 3.63) is 206 Å².